The van der Waals surface area contributed by atoms with Gasteiger partial charge in [0, 0.05) is 50.5 Å². The van der Waals surface area contributed by atoms with E-state index in [-0.39, 0.29) is 5.91 Å². The van der Waals surface area contributed by atoms with E-state index in [2.05, 4.69) is 15.1 Å². The number of amides is 1. The van der Waals surface area contributed by atoms with Gasteiger partial charge in [0.2, 0.25) is 5.89 Å². The molecule has 0 radical (unpaired) electrons. The fourth-order valence-electron chi connectivity index (χ4n) is 3.91. The zero-order valence-corrected chi connectivity index (χ0v) is 15.8. The number of ether oxygens (including phenoxy) is 1. The molecule has 7 nitrogen and oxygen atoms in total. The second-order valence-electron chi connectivity index (χ2n) is 7.58. The van der Waals surface area contributed by atoms with Crippen molar-refractivity contribution in [2.45, 2.75) is 44.9 Å². The molecule has 0 N–H and O–H groups in total. The summed E-state index contributed by atoms with van der Waals surface area (Å²) >= 11 is 0. The summed E-state index contributed by atoms with van der Waals surface area (Å²) in [6.45, 7) is 4.97. The molecule has 144 valence electrons. The number of likely N-dealkylation sites (tertiary alicyclic amines) is 1. The Morgan fingerprint density at radius 2 is 2.11 bits per heavy atom. The Bertz CT molecular complexity index is 768. The van der Waals surface area contributed by atoms with Gasteiger partial charge in [0.25, 0.3) is 5.91 Å². The van der Waals surface area contributed by atoms with Crippen LogP contribution in [-0.4, -0.2) is 52.2 Å². The van der Waals surface area contributed by atoms with Gasteiger partial charge in [-0.2, -0.15) is 4.98 Å². The zero-order valence-electron chi connectivity index (χ0n) is 15.8. The Morgan fingerprint density at radius 1 is 1.26 bits per heavy atom. The summed E-state index contributed by atoms with van der Waals surface area (Å²) in [5.74, 6) is 2.25. The molecule has 1 amide bonds. The van der Waals surface area contributed by atoms with Gasteiger partial charge in [-0.3, -0.25) is 9.78 Å². The summed E-state index contributed by atoms with van der Waals surface area (Å²) in [7, 11) is 0. The molecule has 2 aliphatic rings. The van der Waals surface area contributed by atoms with Crippen molar-refractivity contribution in [3.63, 3.8) is 0 Å². The number of pyridine rings is 1. The highest BCUT2D eigenvalue weighted by Crippen LogP contribution is 2.26. The number of hydrogen-bond donors (Lipinski definition) is 0. The molecule has 7 heteroatoms. The summed E-state index contributed by atoms with van der Waals surface area (Å²) in [6, 6.07) is 3.73. The number of carbonyl (C=O) groups is 1. The summed E-state index contributed by atoms with van der Waals surface area (Å²) in [6.07, 6.45) is 6.37. The SMILES string of the molecule is Cc1ccc(C(=O)N2CCCC(Cc3nc(C4CCOCC4)no3)C2)cn1. The van der Waals surface area contributed by atoms with E-state index < -0.39 is 0 Å². The Labute approximate surface area is 159 Å². The number of piperidine rings is 1. The maximum Gasteiger partial charge on any atom is 0.255 e. The molecule has 0 spiro atoms. The normalized spacial score (nSPS) is 21.4. The molecule has 4 rings (SSSR count). The first kappa shape index (κ1) is 18.1. The van der Waals surface area contributed by atoms with E-state index in [4.69, 9.17) is 9.26 Å². The van der Waals surface area contributed by atoms with Crippen LogP contribution in [-0.2, 0) is 11.2 Å². The Morgan fingerprint density at radius 3 is 2.89 bits per heavy atom. The predicted molar refractivity (Wildman–Crippen MR) is 98.4 cm³/mol. The molecule has 0 aromatic carbocycles. The number of nitrogens with zero attached hydrogens (tertiary/aromatic N) is 4. The molecule has 4 heterocycles. The van der Waals surface area contributed by atoms with Gasteiger partial charge < -0.3 is 14.2 Å². The van der Waals surface area contributed by atoms with Crippen LogP contribution < -0.4 is 0 Å². The van der Waals surface area contributed by atoms with Gasteiger partial charge in [-0.15, -0.1) is 0 Å². The van der Waals surface area contributed by atoms with E-state index >= 15 is 0 Å². The maximum absolute atomic E-state index is 12.7. The monoisotopic (exact) mass is 370 g/mol. The smallest absolute Gasteiger partial charge is 0.255 e. The second kappa shape index (κ2) is 8.17. The first-order valence-electron chi connectivity index (χ1n) is 9.81. The molecule has 2 aromatic rings. The van der Waals surface area contributed by atoms with E-state index in [1.54, 1.807) is 6.20 Å². The summed E-state index contributed by atoms with van der Waals surface area (Å²) in [5, 5.41) is 4.18. The van der Waals surface area contributed by atoms with Crippen LogP contribution in [0.4, 0.5) is 0 Å². The molecular weight excluding hydrogens is 344 g/mol. The molecule has 2 saturated heterocycles. The highest BCUT2D eigenvalue weighted by molar-refractivity contribution is 5.94. The van der Waals surface area contributed by atoms with Crippen LogP contribution in [0.1, 0.15) is 59.4 Å². The number of aryl methyl sites for hydroxylation is 1. The predicted octanol–water partition coefficient (Wildman–Crippen LogP) is 2.76. The van der Waals surface area contributed by atoms with Crippen molar-refractivity contribution in [3.8, 4) is 0 Å². The van der Waals surface area contributed by atoms with Gasteiger partial charge in [-0.1, -0.05) is 5.16 Å². The van der Waals surface area contributed by atoms with E-state index in [1.165, 1.54) is 0 Å². The first-order valence-corrected chi connectivity index (χ1v) is 9.81. The maximum atomic E-state index is 12.7. The minimum Gasteiger partial charge on any atom is -0.381 e. The van der Waals surface area contributed by atoms with Crippen molar-refractivity contribution < 1.29 is 14.1 Å². The number of hydrogen-bond acceptors (Lipinski definition) is 6. The Balaban J connectivity index is 1.36. The third-order valence-corrected chi connectivity index (χ3v) is 5.50. The Hall–Kier alpha value is -2.28. The van der Waals surface area contributed by atoms with E-state index in [9.17, 15) is 4.79 Å². The molecule has 1 atom stereocenters. The molecule has 2 aliphatic heterocycles. The third-order valence-electron chi connectivity index (χ3n) is 5.50. The van der Waals surface area contributed by atoms with E-state index in [1.807, 2.05) is 24.0 Å². The molecule has 1 unspecified atom stereocenters. The number of rotatable bonds is 4. The number of carbonyl (C=O) groups excluding carboxylic acids is 1. The van der Waals surface area contributed by atoms with Gasteiger partial charge in [0.1, 0.15) is 0 Å². The van der Waals surface area contributed by atoms with Crippen LogP contribution in [0.5, 0.6) is 0 Å². The highest BCUT2D eigenvalue weighted by atomic mass is 16.5. The fourth-order valence-corrected chi connectivity index (χ4v) is 3.91. The van der Waals surface area contributed by atoms with Gasteiger partial charge >= 0.3 is 0 Å². The quantitative estimate of drug-likeness (QED) is 0.823. The second-order valence-corrected chi connectivity index (χ2v) is 7.58. The fraction of sp³-hybridized carbons (Fsp3) is 0.600. The van der Waals surface area contributed by atoms with Gasteiger partial charge in [0.05, 0.1) is 5.56 Å². The van der Waals surface area contributed by atoms with Crippen molar-refractivity contribution in [2.24, 2.45) is 5.92 Å². The van der Waals surface area contributed by atoms with Gasteiger partial charge in [0.15, 0.2) is 5.82 Å². The largest absolute Gasteiger partial charge is 0.381 e. The van der Waals surface area contributed by atoms with Crippen molar-refractivity contribution in [1.29, 1.82) is 0 Å². The molecule has 2 fully saturated rings. The van der Waals surface area contributed by atoms with E-state index in [0.717, 1.165) is 69.9 Å². The topological polar surface area (TPSA) is 81.4 Å². The van der Waals surface area contributed by atoms with Crippen LogP contribution in [0, 0.1) is 12.8 Å². The average molecular weight is 370 g/mol. The van der Waals surface area contributed by atoms with Crippen LogP contribution in [0.2, 0.25) is 0 Å². The van der Waals surface area contributed by atoms with Crippen molar-refractivity contribution in [3.05, 3.63) is 41.3 Å². The van der Waals surface area contributed by atoms with Crippen molar-refractivity contribution in [2.75, 3.05) is 26.3 Å². The minimum atomic E-state index is 0.0561. The lowest BCUT2D eigenvalue weighted by atomic mass is 9.94. The first-order chi connectivity index (χ1) is 13.2. The molecule has 27 heavy (non-hydrogen) atoms. The Kier molecular flexibility index (Phi) is 5.48. The van der Waals surface area contributed by atoms with Gasteiger partial charge in [-0.05, 0) is 50.7 Å². The van der Waals surface area contributed by atoms with Crippen molar-refractivity contribution in [1.82, 2.24) is 20.0 Å². The van der Waals surface area contributed by atoms with Crippen molar-refractivity contribution >= 4 is 5.91 Å². The lowest BCUT2D eigenvalue weighted by Gasteiger charge is -2.32. The molecule has 0 saturated carbocycles. The molecule has 2 aromatic heterocycles. The summed E-state index contributed by atoms with van der Waals surface area (Å²) in [4.78, 5) is 23.5. The lowest BCUT2D eigenvalue weighted by Crippen LogP contribution is -2.40. The van der Waals surface area contributed by atoms with Crippen LogP contribution in [0.3, 0.4) is 0 Å². The third kappa shape index (κ3) is 4.35. The number of aromatic nitrogens is 3. The standard InChI is InChI=1S/C20H26N4O3/c1-14-4-5-17(12-21-14)20(25)24-8-2-3-15(13-24)11-18-22-19(23-27-18)16-6-9-26-10-7-16/h4-5,12,15-16H,2-3,6-11,13H2,1H3. The highest BCUT2D eigenvalue weighted by Gasteiger charge is 2.27. The van der Waals surface area contributed by atoms with Crippen LogP contribution >= 0.6 is 0 Å². The molecular formula is C20H26N4O3. The molecule has 0 aliphatic carbocycles. The van der Waals surface area contributed by atoms with Gasteiger partial charge in [-0.25, -0.2) is 0 Å². The van der Waals surface area contributed by atoms with Crippen LogP contribution in [0.15, 0.2) is 22.9 Å². The summed E-state index contributed by atoms with van der Waals surface area (Å²) < 4.78 is 10.9. The average Bonchev–Trinajstić information content (AvgIpc) is 3.17. The van der Waals surface area contributed by atoms with Crippen LogP contribution in [0.25, 0.3) is 0 Å². The minimum absolute atomic E-state index is 0.0561. The lowest BCUT2D eigenvalue weighted by molar-refractivity contribution is 0.0667. The summed E-state index contributed by atoms with van der Waals surface area (Å²) in [5.41, 5.74) is 1.57. The van der Waals surface area contributed by atoms with E-state index in [0.29, 0.717) is 23.3 Å². The zero-order chi connectivity index (χ0) is 18.6. The molecule has 0 bridgehead atoms.